The molecule has 0 amide bonds. The Balaban J connectivity index is 2.10. The van der Waals surface area contributed by atoms with Crippen molar-refractivity contribution in [2.75, 3.05) is 18.1 Å². The summed E-state index contributed by atoms with van der Waals surface area (Å²) in [5, 5.41) is 7.49. The molecule has 1 fully saturated rings. The zero-order chi connectivity index (χ0) is 13.2. The first-order valence-corrected chi connectivity index (χ1v) is 8.18. The summed E-state index contributed by atoms with van der Waals surface area (Å²) in [4.78, 5) is 11.9. The van der Waals surface area contributed by atoms with E-state index in [9.17, 15) is 4.79 Å². The summed E-state index contributed by atoms with van der Waals surface area (Å²) in [5.74, 6) is 0. The van der Waals surface area contributed by atoms with Crippen molar-refractivity contribution >= 4 is 33.4 Å². The molecule has 1 N–H and O–H groups in total. The average molecular weight is 332 g/mol. The second kappa shape index (κ2) is 5.65. The van der Waals surface area contributed by atoms with Crippen LogP contribution < -0.4 is 10.9 Å². The Morgan fingerprint density at radius 2 is 2.33 bits per heavy atom. The van der Waals surface area contributed by atoms with E-state index < -0.39 is 0 Å². The van der Waals surface area contributed by atoms with E-state index >= 15 is 0 Å². The van der Waals surface area contributed by atoms with Crippen LogP contribution >= 0.6 is 27.7 Å². The Kier molecular flexibility index (Phi) is 4.37. The molecule has 1 aliphatic carbocycles. The number of nitrogens with one attached hydrogen (secondary N) is 1. The van der Waals surface area contributed by atoms with Crippen LogP contribution in [0.3, 0.4) is 0 Å². The third-order valence-electron chi connectivity index (χ3n) is 3.58. The van der Waals surface area contributed by atoms with Gasteiger partial charge in [-0.25, -0.2) is 4.68 Å². The molecule has 0 unspecified atom stereocenters. The van der Waals surface area contributed by atoms with E-state index in [0.29, 0.717) is 15.8 Å². The van der Waals surface area contributed by atoms with Gasteiger partial charge >= 0.3 is 0 Å². The monoisotopic (exact) mass is 331 g/mol. The minimum absolute atomic E-state index is 0.0747. The molecule has 18 heavy (non-hydrogen) atoms. The molecule has 1 saturated carbocycles. The summed E-state index contributed by atoms with van der Waals surface area (Å²) in [5.41, 5.74) is 0.722. The van der Waals surface area contributed by atoms with Gasteiger partial charge in [0.25, 0.3) is 5.56 Å². The molecule has 0 atom stereocenters. The van der Waals surface area contributed by atoms with Crippen LogP contribution in [0.2, 0.25) is 0 Å². The maximum Gasteiger partial charge on any atom is 0.283 e. The van der Waals surface area contributed by atoms with Crippen LogP contribution in [0.15, 0.2) is 15.5 Å². The minimum Gasteiger partial charge on any atom is -0.381 e. The Hall–Kier alpha value is -0.490. The quantitative estimate of drug-likeness (QED) is 0.901. The summed E-state index contributed by atoms with van der Waals surface area (Å²) >= 11 is 5.27. The van der Waals surface area contributed by atoms with Crippen LogP contribution in [0.5, 0.6) is 0 Å². The van der Waals surface area contributed by atoms with Gasteiger partial charge in [0.2, 0.25) is 0 Å². The SMILES string of the molecule is CCn1ncc(NCC2(SC)CCC2)c(Br)c1=O. The molecular formula is C12H18BrN3OS. The summed E-state index contributed by atoms with van der Waals surface area (Å²) < 4.78 is 2.37. The van der Waals surface area contributed by atoms with Crippen molar-refractivity contribution in [3.63, 3.8) is 0 Å². The van der Waals surface area contributed by atoms with E-state index in [2.05, 4.69) is 32.6 Å². The lowest BCUT2D eigenvalue weighted by Gasteiger charge is -2.40. The van der Waals surface area contributed by atoms with Gasteiger partial charge in [0.05, 0.1) is 11.9 Å². The molecule has 100 valence electrons. The molecule has 0 spiro atoms. The molecule has 0 bridgehead atoms. The minimum atomic E-state index is -0.0747. The fraction of sp³-hybridized carbons (Fsp3) is 0.667. The van der Waals surface area contributed by atoms with Crippen molar-refractivity contribution in [2.24, 2.45) is 0 Å². The molecule has 0 radical (unpaired) electrons. The maximum absolute atomic E-state index is 11.9. The number of nitrogens with zero attached hydrogens (tertiary/aromatic N) is 2. The van der Waals surface area contributed by atoms with Crippen molar-refractivity contribution in [1.29, 1.82) is 0 Å². The Morgan fingerprint density at radius 3 is 2.83 bits per heavy atom. The molecule has 0 saturated heterocycles. The number of aromatic nitrogens is 2. The number of hydrogen-bond acceptors (Lipinski definition) is 4. The van der Waals surface area contributed by atoms with Crippen molar-refractivity contribution in [1.82, 2.24) is 9.78 Å². The third kappa shape index (κ3) is 2.59. The molecule has 0 aromatic carbocycles. The summed E-state index contributed by atoms with van der Waals surface area (Å²) in [6.07, 6.45) is 7.68. The summed E-state index contributed by atoms with van der Waals surface area (Å²) in [6.45, 7) is 3.39. The molecule has 0 aliphatic heterocycles. The average Bonchev–Trinajstić information content (AvgIpc) is 2.33. The first-order valence-electron chi connectivity index (χ1n) is 6.16. The van der Waals surface area contributed by atoms with Crippen LogP contribution in [-0.2, 0) is 6.54 Å². The van der Waals surface area contributed by atoms with Gasteiger partial charge in [-0.1, -0.05) is 6.42 Å². The van der Waals surface area contributed by atoms with E-state index in [0.717, 1.165) is 12.2 Å². The highest BCUT2D eigenvalue weighted by molar-refractivity contribution is 9.10. The molecule has 2 rings (SSSR count). The maximum atomic E-state index is 11.9. The van der Waals surface area contributed by atoms with E-state index in [1.807, 2.05) is 18.7 Å². The smallest absolute Gasteiger partial charge is 0.283 e. The third-order valence-corrected chi connectivity index (χ3v) is 5.77. The first kappa shape index (κ1) is 13.9. The van der Waals surface area contributed by atoms with Gasteiger partial charge in [0.1, 0.15) is 4.47 Å². The van der Waals surface area contributed by atoms with Gasteiger partial charge in [-0.15, -0.1) is 0 Å². The van der Waals surface area contributed by atoms with E-state index in [1.54, 1.807) is 6.20 Å². The molecular weight excluding hydrogens is 314 g/mol. The van der Waals surface area contributed by atoms with Gasteiger partial charge < -0.3 is 5.32 Å². The number of hydrogen-bond donors (Lipinski definition) is 1. The highest BCUT2D eigenvalue weighted by Gasteiger charge is 2.35. The van der Waals surface area contributed by atoms with Crippen LogP contribution in [0.1, 0.15) is 26.2 Å². The highest BCUT2D eigenvalue weighted by Crippen LogP contribution is 2.42. The van der Waals surface area contributed by atoms with Crippen molar-refractivity contribution < 1.29 is 0 Å². The normalized spacial score (nSPS) is 17.3. The predicted octanol–water partition coefficient (Wildman–Crippen LogP) is 2.72. The molecule has 1 aromatic rings. The van der Waals surface area contributed by atoms with E-state index in [-0.39, 0.29) is 5.56 Å². The van der Waals surface area contributed by atoms with Crippen molar-refractivity contribution in [2.45, 2.75) is 37.5 Å². The fourth-order valence-electron chi connectivity index (χ4n) is 2.09. The lowest BCUT2D eigenvalue weighted by Crippen LogP contribution is -2.40. The number of halogens is 1. The molecule has 4 nitrogen and oxygen atoms in total. The zero-order valence-electron chi connectivity index (χ0n) is 10.7. The number of anilines is 1. The van der Waals surface area contributed by atoms with Crippen LogP contribution in [0.4, 0.5) is 5.69 Å². The fourth-order valence-corrected chi connectivity index (χ4v) is 3.45. The van der Waals surface area contributed by atoms with Crippen LogP contribution in [0, 0.1) is 0 Å². The lowest BCUT2D eigenvalue weighted by molar-refractivity contribution is 0.380. The second-order valence-electron chi connectivity index (χ2n) is 4.59. The van der Waals surface area contributed by atoms with Crippen molar-refractivity contribution in [3.05, 3.63) is 21.0 Å². The Labute approximate surface area is 120 Å². The number of rotatable bonds is 5. The van der Waals surface area contributed by atoms with Gasteiger partial charge in [0, 0.05) is 17.8 Å². The molecule has 1 aromatic heterocycles. The number of thioether (sulfide) groups is 1. The van der Waals surface area contributed by atoms with Crippen LogP contribution in [0.25, 0.3) is 0 Å². The van der Waals surface area contributed by atoms with Crippen molar-refractivity contribution in [3.8, 4) is 0 Å². The van der Waals surface area contributed by atoms with E-state index in [4.69, 9.17) is 0 Å². The van der Waals surface area contributed by atoms with Gasteiger partial charge in [-0.3, -0.25) is 4.79 Å². The molecule has 1 heterocycles. The zero-order valence-corrected chi connectivity index (χ0v) is 13.1. The largest absolute Gasteiger partial charge is 0.381 e. The van der Waals surface area contributed by atoms with Gasteiger partial charge in [-0.05, 0) is 42.0 Å². The number of aryl methyl sites for hydroxylation is 1. The van der Waals surface area contributed by atoms with Gasteiger partial charge in [0.15, 0.2) is 0 Å². The standard InChI is InChI=1S/C12H18BrN3OS/c1-3-16-11(17)10(13)9(7-15-16)14-8-12(18-2)5-4-6-12/h7,14H,3-6,8H2,1-2H3. The molecule has 1 aliphatic rings. The Bertz CT molecular complexity index is 479. The second-order valence-corrected chi connectivity index (χ2v) is 6.65. The Morgan fingerprint density at radius 1 is 1.61 bits per heavy atom. The topological polar surface area (TPSA) is 46.9 Å². The first-order chi connectivity index (χ1) is 8.62. The van der Waals surface area contributed by atoms with Gasteiger partial charge in [-0.2, -0.15) is 16.9 Å². The van der Waals surface area contributed by atoms with E-state index in [1.165, 1.54) is 23.9 Å². The summed E-state index contributed by atoms with van der Waals surface area (Å²) in [7, 11) is 0. The lowest BCUT2D eigenvalue weighted by atomic mass is 9.84. The summed E-state index contributed by atoms with van der Waals surface area (Å²) in [6, 6.07) is 0. The molecule has 6 heteroatoms. The van der Waals surface area contributed by atoms with Crippen LogP contribution in [-0.4, -0.2) is 27.3 Å². The predicted molar refractivity (Wildman–Crippen MR) is 80.5 cm³/mol. The highest BCUT2D eigenvalue weighted by atomic mass is 79.9.